The minimum absolute atomic E-state index is 0.196. The molecule has 8 rings (SSSR count). The molecule has 368 valence electrons. The van der Waals surface area contributed by atoms with Crippen LogP contribution in [-0.4, -0.2) is 155 Å². The quantitative estimate of drug-likeness (QED) is 0.0465. The summed E-state index contributed by atoms with van der Waals surface area (Å²) in [7, 11) is 1.68. The number of hydrogen-bond donors (Lipinski definition) is 4. The fraction of sp³-hybridized carbons (Fsp3) is 0.580. The summed E-state index contributed by atoms with van der Waals surface area (Å²) in [6, 6.07) is 14.1. The molecule has 0 radical (unpaired) electrons. The fourth-order valence-corrected chi connectivity index (χ4v) is 9.58. The molecule has 18 heteroatoms. The Morgan fingerprint density at radius 2 is 1.49 bits per heavy atom. The number of imide groups is 1. The van der Waals surface area contributed by atoms with Crippen molar-refractivity contribution in [3.8, 4) is 11.1 Å². The Kier molecular flexibility index (Phi) is 17.6. The smallest absolute Gasteiger partial charge is 0.329 e. The van der Waals surface area contributed by atoms with Crippen molar-refractivity contribution in [3.63, 3.8) is 0 Å². The molecule has 2 amide bonds. The number of ether oxygens (including phenoxy) is 4. The van der Waals surface area contributed by atoms with Crippen molar-refractivity contribution in [2.24, 2.45) is 7.05 Å². The fourth-order valence-electron chi connectivity index (χ4n) is 9.58. The van der Waals surface area contributed by atoms with E-state index in [9.17, 15) is 19.5 Å². The van der Waals surface area contributed by atoms with Crippen LogP contribution in [0, 0.1) is 0 Å². The maximum atomic E-state index is 13.1. The van der Waals surface area contributed by atoms with Crippen LogP contribution in [0.25, 0.3) is 33.2 Å². The largest absolute Gasteiger partial charge is 0.393 e. The van der Waals surface area contributed by atoms with Crippen molar-refractivity contribution in [1.82, 2.24) is 38.8 Å². The number of hydrogen-bond acceptors (Lipinski definition) is 14. The van der Waals surface area contributed by atoms with Crippen LogP contribution in [0.15, 0.2) is 59.7 Å². The molecule has 0 bridgehead atoms. The van der Waals surface area contributed by atoms with Gasteiger partial charge in [0, 0.05) is 95.2 Å². The number of carbonyl (C=O) groups excluding carboxylic acids is 2. The van der Waals surface area contributed by atoms with E-state index in [2.05, 4.69) is 67.7 Å². The molecule has 2 saturated heterocycles. The summed E-state index contributed by atoms with van der Waals surface area (Å²) in [5, 5.41) is 20.3. The van der Waals surface area contributed by atoms with Crippen molar-refractivity contribution in [3.05, 3.63) is 70.9 Å². The van der Waals surface area contributed by atoms with Gasteiger partial charge in [-0.05, 0) is 61.8 Å². The van der Waals surface area contributed by atoms with Crippen LogP contribution >= 0.6 is 0 Å². The minimum Gasteiger partial charge on any atom is -0.393 e. The zero-order chi connectivity index (χ0) is 47.2. The maximum Gasteiger partial charge on any atom is 0.329 e. The van der Waals surface area contributed by atoms with Gasteiger partial charge in [-0.2, -0.15) is 4.98 Å². The van der Waals surface area contributed by atoms with Crippen LogP contribution in [0.1, 0.15) is 75.9 Å². The number of aromatic nitrogens is 5. The number of amides is 2. The van der Waals surface area contributed by atoms with Crippen LogP contribution < -0.4 is 21.6 Å². The third-order valence-electron chi connectivity index (χ3n) is 13.4. The van der Waals surface area contributed by atoms with Gasteiger partial charge in [-0.1, -0.05) is 43.7 Å². The predicted octanol–water partition coefficient (Wildman–Crippen LogP) is 4.71. The van der Waals surface area contributed by atoms with Crippen LogP contribution in [-0.2, 0) is 42.1 Å². The van der Waals surface area contributed by atoms with Crippen LogP contribution in [0.3, 0.4) is 0 Å². The molecule has 3 fully saturated rings. The zero-order valence-electron chi connectivity index (χ0n) is 39.8. The van der Waals surface area contributed by atoms with Crippen molar-refractivity contribution >= 4 is 45.5 Å². The molecule has 18 nitrogen and oxygen atoms in total. The number of rotatable bonds is 25. The topological polar surface area (TPSA) is 192 Å². The second kappa shape index (κ2) is 24.4. The summed E-state index contributed by atoms with van der Waals surface area (Å²) < 4.78 is 28.3. The number of aryl methyl sites for hydroxylation is 1. The molecule has 68 heavy (non-hydrogen) atoms. The van der Waals surface area contributed by atoms with E-state index in [1.165, 1.54) is 20.3 Å². The second-order valence-electron chi connectivity index (χ2n) is 18.2. The first-order valence-electron chi connectivity index (χ1n) is 24.7. The zero-order valence-corrected chi connectivity index (χ0v) is 39.8. The highest BCUT2D eigenvalue weighted by Gasteiger charge is 2.32. The first kappa shape index (κ1) is 49.2. The lowest BCUT2D eigenvalue weighted by Crippen LogP contribution is -2.46. The average molecular weight is 939 g/mol. The SMILES string of the molecule is CCCCNc1ncc2c(-c3ccc(CN4CCN(CCOCCOCCOCCOCCNc5cccc6c5n(C)c(=O)n6C5CCC(=O)NC5=O)CC4)cc3)cn(C3CCC(O)CC3)c2n1. The Labute approximate surface area is 398 Å². The number of piperazine rings is 1. The average Bonchev–Trinajstić information content (AvgIpc) is 3.85. The van der Waals surface area contributed by atoms with Gasteiger partial charge in [-0.15, -0.1) is 0 Å². The van der Waals surface area contributed by atoms with Gasteiger partial charge in [0.05, 0.1) is 75.7 Å². The van der Waals surface area contributed by atoms with Gasteiger partial charge in [-0.3, -0.25) is 33.8 Å². The number of nitrogens with zero attached hydrogens (tertiary/aromatic N) is 7. The standard InChI is InChI=1S/C50H70N10O8/c1-3-4-18-52-49-53-33-40-41(35-59(47(40)55-49)38-12-14-39(61)15-13-38)37-10-8-36(9-11-37)34-58-22-20-57(21-23-58)24-26-66-28-30-68-32-31-67-29-27-65-25-19-51-42-6-5-7-43-46(42)56(2)50(64)60(43)44-16-17-45(62)54-48(44)63/h5-11,33,35,38-39,44,51,61H,3-4,12-32,34H2,1-2H3,(H,52,53,55)(H,54,62,63). The van der Waals surface area contributed by atoms with Crippen LogP contribution in [0.2, 0.25) is 0 Å². The lowest BCUT2D eigenvalue weighted by atomic mass is 9.93. The van der Waals surface area contributed by atoms with Crippen molar-refractivity contribution < 1.29 is 33.6 Å². The third kappa shape index (κ3) is 12.5. The Morgan fingerprint density at radius 1 is 0.794 bits per heavy atom. The molecule has 5 heterocycles. The maximum absolute atomic E-state index is 13.1. The number of aliphatic hydroxyl groups is 1. The van der Waals surface area contributed by atoms with Gasteiger partial charge in [0.2, 0.25) is 17.8 Å². The molecule has 5 aromatic rings. The number of unbranched alkanes of at least 4 members (excludes halogenated alkanes) is 1. The first-order valence-corrected chi connectivity index (χ1v) is 24.7. The van der Waals surface area contributed by atoms with E-state index in [0.717, 1.165) is 107 Å². The number of para-hydroxylation sites is 1. The van der Waals surface area contributed by atoms with Gasteiger partial charge in [-0.25, -0.2) is 9.78 Å². The molecule has 1 atom stereocenters. The highest BCUT2D eigenvalue weighted by atomic mass is 16.6. The van der Waals surface area contributed by atoms with Gasteiger partial charge in [0.15, 0.2) is 0 Å². The third-order valence-corrected chi connectivity index (χ3v) is 13.4. The number of aliphatic hydroxyl groups excluding tert-OH is 1. The van der Waals surface area contributed by atoms with Crippen molar-refractivity contribution in [1.29, 1.82) is 0 Å². The van der Waals surface area contributed by atoms with Crippen molar-refractivity contribution in [2.75, 3.05) is 109 Å². The Balaban J connectivity index is 0.659. The first-order chi connectivity index (χ1) is 33.3. The van der Waals surface area contributed by atoms with Gasteiger partial charge >= 0.3 is 5.69 Å². The summed E-state index contributed by atoms with van der Waals surface area (Å²) in [6.45, 7) is 13.5. The predicted molar refractivity (Wildman–Crippen MR) is 262 cm³/mol. The summed E-state index contributed by atoms with van der Waals surface area (Å²) in [5.74, 6) is -0.0936. The summed E-state index contributed by atoms with van der Waals surface area (Å²) in [6.07, 6.45) is 10.2. The Hall–Kier alpha value is -5.21. The molecule has 2 aliphatic heterocycles. The number of carbonyl (C=O) groups is 2. The van der Waals surface area contributed by atoms with E-state index in [0.29, 0.717) is 88.8 Å². The molecule has 0 spiro atoms. The monoisotopic (exact) mass is 939 g/mol. The van der Waals surface area contributed by atoms with E-state index < -0.39 is 11.9 Å². The van der Waals surface area contributed by atoms with Gasteiger partial charge in [0.1, 0.15) is 11.7 Å². The highest BCUT2D eigenvalue weighted by molar-refractivity contribution is 6.00. The number of piperidine rings is 1. The van der Waals surface area contributed by atoms with Crippen LogP contribution in [0.5, 0.6) is 0 Å². The lowest BCUT2D eigenvalue weighted by Gasteiger charge is -2.34. The van der Waals surface area contributed by atoms with E-state index in [-0.39, 0.29) is 24.1 Å². The second-order valence-corrected chi connectivity index (χ2v) is 18.2. The summed E-state index contributed by atoms with van der Waals surface area (Å²) in [4.78, 5) is 52.0. The normalized spacial score (nSPS) is 19.5. The molecule has 4 N–H and O–H groups in total. The van der Waals surface area contributed by atoms with Crippen LogP contribution in [0.4, 0.5) is 11.6 Å². The van der Waals surface area contributed by atoms with E-state index in [4.69, 9.17) is 28.9 Å². The molecule has 1 saturated carbocycles. The Morgan fingerprint density at radius 3 is 2.19 bits per heavy atom. The van der Waals surface area contributed by atoms with Gasteiger partial charge < -0.3 is 39.3 Å². The molecule has 1 aliphatic carbocycles. The minimum atomic E-state index is -0.726. The van der Waals surface area contributed by atoms with Gasteiger partial charge in [0.25, 0.3) is 0 Å². The van der Waals surface area contributed by atoms with E-state index in [1.54, 1.807) is 7.05 Å². The lowest BCUT2D eigenvalue weighted by molar-refractivity contribution is -0.135. The molecular formula is C50H70N10O8. The number of nitrogens with one attached hydrogen (secondary N) is 3. The Bertz CT molecular complexity index is 2470. The number of fused-ring (bicyclic) bond motifs is 2. The summed E-state index contributed by atoms with van der Waals surface area (Å²) in [5.41, 5.74) is 6.38. The molecule has 3 aromatic heterocycles. The van der Waals surface area contributed by atoms with E-state index in [1.807, 2.05) is 24.4 Å². The van der Waals surface area contributed by atoms with E-state index >= 15 is 0 Å². The molecule has 2 aromatic carbocycles. The molecular weight excluding hydrogens is 869 g/mol. The highest BCUT2D eigenvalue weighted by Crippen LogP contribution is 2.37. The number of anilines is 2. The number of benzene rings is 2. The number of imidazole rings is 1. The molecule has 1 unspecified atom stereocenters. The van der Waals surface area contributed by atoms with Crippen molar-refractivity contribution in [2.45, 2.75) is 83.0 Å². The summed E-state index contributed by atoms with van der Waals surface area (Å²) >= 11 is 0. The molecule has 3 aliphatic rings.